The van der Waals surface area contributed by atoms with Gasteiger partial charge in [0.25, 0.3) is 0 Å². The molecule has 0 saturated heterocycles. The molecule has 2 aromatic rings. The minimum absolute atomic E-state index is 0.0677. The van der Waals surface area contributed by atoms with Crippen molar-refractivity contribution in [3.63, 3.8) is 0 Å². The fraction of sp³-hybridized carbons (Fsp3) is 0.364. The molecule has 0 aliphatic rings. The van der Waals surface area contributed by atoms with Gasteiger partial charge >= 0.3 is 12.2 Å². The van der Waals surface area contributed by atoms with Crippen LogP contribution in [0.4, 0.5) is 21.0 Å². The first-order valence-corrected chi connectivity index (χ1v) is 10.1. The van der Waals surface area contributed by atoms with Crippen LogP contribution in [0.15, 0.2) is 48.5 Å². The molecule has 2 rings (SSSR count). The molecule has 0 aromatic heterocycles. The van der Waals surface area contributed by atoms with E-state index in [-0.39, 0.29) is 24.7 Å². The minimum Gasteiger partial charge on any atom is -0.508 e. The Balaban J connectivity index is 1.38. The minimum atomic E-state index is -0.570. The fourth-order valence-electron chi connectivity index (χ4n) is 2.52. The Hall–Kier alpha value is -3.46. The molecule has 0 unspecified atom stereocenters. The van der Waals surface area contributed by atoms with Crippen LogP contribution in [0.25, 0.3) is 0 Å². The third-order valence-corrected chi connectivity index (χ3v) is 4.02. The number of amides is 2. The van der Waals surface area contributed by atoms with Gasteiger partial charge in [-0.2, -0.15) is 0 Å². The second-order valence-corrected chi connectivity index (χ2v) is 6.65. The molecule has 0 radical (unpaired) electrons. The lowest BCUT2D eigenvalue weighted by molar-refractivity contribution is 0.109. The van der Waals surface area contributed by atoms with Gasteiger partial charge in [0.2, 0.25) is 0 Å². The van der Waals surface area contributed by atoms with Crippen molar-refractivity contribution in [2.45, 2.75) is 25.7 Å². The third-order valence-electron chi connectivity index (χ3n) is 4.02. The second-order valence-electron chi connectivity index (χ2n) is 6.65. The molecule has 2 aromatic carbocycles. The molecule has 0 aliphatic heterocycles. The maximum Gasteiger partial charge on any atom is 0.411 e. The summed E-state index contributed by atoms with van der Waals surface area (Å²) in [4.78, 5) is 23.3. The number of phenolic OH excluding ortho intramolecular Hbond substituents is 2. The lowest BCUT2D eigenvalue weighted by Crippen LogP contribution is -2.15. The van der Waals surface area contributed by atoms with Crippen LogP contribution in [0.1, 0.15) is 25.7 Å². The number of benzene rings is 2. The van der Waals surface area contributed by atoms with Gasteiger partial charge < -0.3 is 24.4 Å². The number of nitrogens with one attached hydrogen (secondary N) is 2. The summed E-state index contributed by atoms with van der Waals surface area (Å²) in [6.45, 7) is 1.65. The number of hydrogen-bond acceptors (Lipinski definition) is 7. The quantitative estimate of drug-likeness (QED) is 0.364. The zero-order chi connectivity index (χ0) is 22.3. The Kier molecular flexibility index (Phi) is 10.5. The van der Waals surface area contributed by atoms with Crippen molar-refractivity contribution in [3.8, 4) is 11.5 Å². The summed E-state index contributed by atoms with van der Waals surface area (Å²) in [6.07, 6.45) is 1.71. The van der Waals surface area contributed by atoms with Gasteiger partial charge in [0.05, 0.1) is 13.2 Å². The van der Waals surface area contributed by atoms with Gasteiger partial charge in [0.15, 0.2) is 0 Å². The first-order chi connectivity index (χ1) is 15.0. The molecule has 0 aliphatic carbocycles. The molecule has 0 spiro atoms. The number of aromatic hydroxyl groups is 2. The lowest BCUT2D eigenvalue weighted by atomic mass is 10.3. The van der Waals surface area contributed by atoms with E-state index < -0.39 is 12.2 Å². The second kappa shape index (κ2) is 13.7. The van der Waals surface area contributed by atoms with E-state index >= 15 is 0 Å². The molecule has 0 atom stereocenters. The maximum atomic E-state index is 11.6. The Morgan fingerprint density at radius 2 is 1.10 bits per heavy atom. The van der Waals surface area contributed by atoms with Crippen LogP contribution < -0.4 is 10.6 Å². The molecule has 4 N–H and O–H groups in total. The smallest absolute Gasteiger partial charge is 0.411 e. The normalized spacial score (nSPS) is 10.3. The number of carbonyl (C=O) groups is 2. The van der Waals surface area contributed by atoms with Crippen LogP contribution >= 0.6 is 0 Å². The summed E-state index contributed by atoms with van der Waals surface area (Å²) >= 11 is 0. The topological polar surface area (TPSA) is 126 Å². The number of carbonyl (C=O) groups excluding carboxylic acids is 2. The predicted molar refractivity (Wildman–Crippen MR) is 115 cm³/mol. The van der Waals surface area contributed by atoms with Gasteiger partial charge in [0, 0.05) is 36.7 Å². The molecule has 168 valence electrons. The van der Waals surface area contributed by atoms with Crippen molar-refractivity contribution in [2.24, 2.45) is 0 Å². The molecule has 2 amide bonds. The van der Waals surface area contributed by atoms with Crippen molar-refractivity contribution in [3.05, 3.63) is 48.5 Å². The lowest BCUT2D eigenvalue weighted by Gasteiger charge is -2.08. The number of unbranched alkanes of at least 4 members (excludes halogenated alkanes) is 2. The molecular weight excluding hydrogens is 404 g/mol. The highest BCUT2D eigenvalue weighted by Gasteiger charge is 2.04. The van der Waals surface area contributed by atoms with E-state index in [0.29, 0.717) is 37.4 Å². The third kappa shape index (κ3) is 10.8. The van der Waals surface area contributed by atoms with Crippen molar-refractivity contribution < 1.29 is 34.0 Å². The Bertz CT molecular complexity index is 762. The molecule has 0 fully saturated rings. The van der Waals surface area contributed by atoms with Crippen molar-refractivity contribution >= 4 is 23.6 Å². The average molecular weight is 432 g/mol. The highest BCUT2D eigenvalue weighted by molar-refractivity contribution is 5.85. The van der Waals surface area contributed by atoms with Crippen LogP contribution in [-0.2, 0) is 14.2 Å². The molecule has 9 nitrogen and oxygen atoms in total. The number of ether oxygens (including phenoxy) is 3. The van der Waals surface area contributed by atoms with Crippen molar-refractivity contribution in [1.29, 1.82) is 0 Å². The first kappa shape index (κ1) is 23.8. The summed E-state index contributed by atoms with van der Waals surface area (Å²) in [5.41, 5.74) is 0.934. The summed E-state index contributed by atoms with van der Waals surface area (Å²) in [5.74, 6) is 0.135. The summed E-state index contributed by atoms with van der Waals surface area (Å²) in [6, 6.07) is 12.4. The summed E-state index contributed by atoms with van der Waals surface area (Å²) in [5, 5.41) is 23.7. The van der Waals surface area contributed by atoms with Crippen molar-refractivity contribution in [1.82, 2.24) is 0 Å². The first-order valence-electron chi connectivity index (χ1n) is 10.1. The zero-order valence-corrected chi connectivity index (χ0v) is 17.2. The van der Waals surface area contributed by atoms with E-state index in [0.717, 1.165) is 12.8 Å². The van der Waals surface area contributed by atoms with Gasteiger partial charge in [-0.3, -0.25) is 10.6 Å². The Morgan fingerprint density at radius 1 is 0.677 bits per heavy atom. The molecular formula is C22H28N2O7. The van der Waals surface area contributed by atoms with E-state index in [1.165, 1.54) is 24.3 Å². The molecule has 9 heteroatoms. The van der Waals surface area contributed by atoms with Gasteiger partial charge in [-0.15, -0.1) is 0 Å². The van der Waals surface area contributed by atoms with E-state index in [1.54, 1.807) is 24.3 Å². The van der Waals surface area contributed by atoms with E-state index in [1.807, 2.05) is 0 Å². The van der Waals surface area contributed by atoms with Gasteiger partial charge in [-0.05, 0) is 49.9 Å². The molecule has 0 saturated carbocycles. The SMILES string of the molecule is O=C(Nc1cccc(O)c1)OCCCCOCCCCOC(=O)Nc1cccc(O)c1. The van der Waals surface area contributed by atoms with Crippen molar-refractivity contribution in [2.75, 3.05) is 37.1 Å². The zero-order valence-electron chi connectivity index (χ0n) is 17.2. The van der Waals surface area contributed by atoms with Gasteiger partial charge in [0.1, 0.15) is 11.5 Å². The number of anilines is 2. The fourth-order valence-corrected chi connectivity index (χ4v) is 2.52. The number of phenols is 2. The molecule has 0 heterocycles. The maximum absolute atomic E-state index is 11.6. The van der Waals surface area contributed by atoms with Crippen LogP contribution in [0.2, 0.25) is 0 Å². The number of hydrogen-bond donors (Lipinski definition) is 4. The van der Waals surface area contributed by atoms with E-state index in [2.05, 4.69) is 10.6 Å². The monoisotopic (exact) mass is 432 g/mol. The van der Waals surface area contributed by atoms with Gasteiger partial charge in [-0.1, -0.05) is 12.1 Å². The average Bonchev–Trinajstić information content (AvgIpc) is 2.72. The molecule has 31 heavy (non-hydrogen) atoms. The summed E-state index contributed by atoms with van der Waals surface area (Å²) < 4.78 is 15.6. The standard InChI is InChI=1S/C22H28N2O7/c25-19-9-5-7-17(15-19)23-21(27)30-13-3-1-11-29-12-2-4-14-31-22(28)24-18-8-6-10-20(26)16-18/h5-10,15-16,25-26H,1-4,11-14H2,(H,23,27)(H,24,28). The summed E-state index contributed by atoms with van der Waals surface area (Å²) in [7, 11) is 0. The van der Waals surface area contributed by atoms with Crippen LogP contribution in [0.5, 0.6) is 11.5 Å². The van der Waals surface area contributed by atoms with E-state index in [4.69, 9.17) is 14.2 Å². The van der Waals surface area contributed by atoms with Gasteiger partial charge in [-0.25, -0.2) is 9.59 Å². The predicted octanol–water partition coefficient (Wildman–Crippen LogP) is 4.47. The van der Waals surface area contributed by atoms with Crippen LogP contribution in [-0.4, -0.2) is 48.8 Å². The largest absolute Gasteiger partial charge is 0.508 e. The van der Waals surface area contributed by atoms with E-state index in [9.17, 15) is 19.8 Å². The Labute approximate surface area is 180 Å². The van der Waals surface area contributed by atoms with Crippen LogP contribution in [0.3, 0.4) is 0 Å². The molecule has 0 bridgehead atoms. The number of rotatable bonds is 12. The highest BCUT2D eigenvalue weighted by Crippen LogP contribution is 2.16. The highest BCUT2D eigenvalue weighted by atomic mass is 16.6. The Morgan fingerprint density at radius 3 is 1.52 bits per heavy atom. The van der Waals surface area contributed by atoms with Crippen LogP contribution in [0, 0.1) is 0 Å².